The molecule has 0 bridgehead atoms. The van der Waals surface area contributed by atoms with Gasteiger partial charge in [-0.2, -0.15) is 0 Å². The first-order chi connectivity index (χ1) is 18.4. The van der Waals surface area contributed by atoms with E-state index in [2.05, 4.69) is 86.3 Å². The highest BCUT2D eigenvalue weighted by atomic mass is 16.1. The number of Topliss-reactive ketones (excluding diaryl/α,β-unsaturated/α-hetero) is 2. The standard InChI is InChI=1S/C34H66BN2O3/c1-15-26(9)29(39)28(16-2)23-31(11,12)22-25(8)24-37(21-7)34(19-5,20-6)32(13,17-3)30(40)35-36-33(14,18-4)27(10)38/h25-26,28,36H,15-24H2,1-14H3. The van der Waals surface area contributed by atoms with E-state index in [4.69, 9.17) is 0 Å². The minimum atomic E-state index is -0.734. The van der Waals surface area contributed by atoms with Crippen LogP contribution in [0, 0.1) is 28.6 Å². The Labute approximate surface area is 250 Å². The van der Waals surface area contributed by atoms with Gasteiger partial charge in [-0.1, -0.05) is 83.1 Å². The highest BCUT2D eigenvalue weighted by molar-refractivity contribution is 6.73. The average molecular weight is 562 g/mol. The Balaban J connectivity index is 6.00. The Morgan fingerprint density at radius 2 is 1.35 bits per heavy atom. The third kappa shape index (κ3) is 9.25. The van der Waals surface area contributed by atoms with E-state index < -0.39 is 11.0 Å². The summed E-state index contributed by atoms with van der Waals surface area (Å²) < 4.78 is 0. The number of hydrogen-bond acceptors (Lipinski definition) is 5. The molecule has 0 fully saturated rings. The Bertz CT molecular complexity index is 809. The summed E-state index contributed by atoms with van der Waals surface area (Å²) in [4.78, 5) is 41.8. The smallest absolute Gasteiger partial charge is 0.296 e. The Hall–Kier alpha value is -1.01. The topological polar surface area (TPSA) is 66.5 Å². The first-order valence-electron chi connectivity index (χ1n) is 16.4. The van der Waals surface area contributed by atoms with Crippen molar-refractivity contribution in [3.05, 3.63) is 0 Å². The first-order valence-corrected chi connectivity index (χ1v) is 16.4. The van der Waals surface area contributed by atoms with Crippen LogP contribution in [0.4, 0.5) is 0 Å². The van der Waals surface area contributed by atoms with Crippen LogP contribution in [-0.2, 0) is 14.4 Å². The van der Waals surface area contributed by atoms with E-state index in [0.717, 1.165) is 58.0 Å². The normalized spacial score (nSPS) is 18.0. The molecule has 0 aromatic carbocycles. The molecule has 0 spiro atoms. The molecule has 0 aliphatic rings. The Morgan fingerprint density at radius 3 is 1.73 bits per heavy atom. The highest BCUT2D eigenvalue weighted by Gasteiger charge is 2.52. The molecule has 6 heteroatoms. The van der Waals surface area contributed by atoms with E-state index in [-0.39, 0.29) is 34.3 Å². The van der Waals surface area contributed by atoms with Crippen LogP contribution in [0.15, 0.2) is 0 Å². The summed E-state index contributed by atoms with van der Waals surface area (Å²) >= 11 is 0. The van der Waals surface area contributed by atoms with Gasteiger partial charge < -0.3 is 10.0 Å². The Kier molecular flexibility index (Phi) is 16.2. The van der Waals surface area contributed by atoms with Crippen molar-refractivity contribution in [3.8, 4) is 0 Å². The molecule has 5 unspecified atom stereocenters. The van der Waals surface area contributed by atoms with Gasteiger partial charge in [-0.3, -0.25) is 14.5 Å². The second-order valence-corrected chi connectivity index (χ2v) is 13.9. The van der Waals surface area contributed by atoms with Gasteiger partial charge in [0.15, 0.2) is 0 Å². The van der Waals surface area contributed by atoms with E-state index in [1.54, 1.807) is 14.3 Å². The van der Waals surface area contributed by atoms with Gasteiger partial charge in [-0.05, 0) is 83.1 Å². The second-order valence-electron chi connectivity index (χ2n) is 13.9. The van der Waals surface area contributed by atoms with Crippen LogP contribution in [0.2, 0.25) is 0 Å². The van der Waals surface area contributed by atoms with E-state index in [1.165, 1.54) is 0 Å². The zero-order valence-corrected chi connectivity index (χ0v) is 29.1. The van der Waals surface area contributed by atoms with Gasteiger partial charge in [-0.15, -0.1) is 0 Å². The zero-order valence-electron chi connectivity index (χ0n) is 29.1. The van der Waals surface area contributed by atoms with Crippen LogP contribution in [0.25, 0.3) is 0 Å². The number of nitrogens with zero attached hydrogens (tertiary/aromatic N) is 1. The van der Waals surface area contributed by atoms with Crippen LogP contribution >= 0.6 is 0 Å². The quantitative estimate of drug-likeness (QED) is 0.136. The summed E-state index contributed by atoms with van der Waals surface area (Å²) in [6.45, 7) is 31.4. The second kappa shape index (κ2) is 16.6. The zero-order chi connectivity index (χ0) is 31.5. The molecule has 40 heavy (non-hydrogen) atoms. The summed E-state index contributed by atoms with van der Waals surface area (Å²) in [5.41, 5.74) is -1.51. The Morgan fingerprint density at radius 1 is 0.800 bits per heavy atom. The molecule has 0 rings (SSSR count). The summed E-state index contributed by atoms with van der Waals surface area (Å²) in [5, 5.41) is 3.21. The number of carbonyl (C=O) groups is 3. The number of hydrogen-bond donors (Lipinski definition) is 1. The van der Waals surface area contributed by atoms with Crippen molar-refractivity contribution in [2.45, 2.75) is 159 Å². The van der Waals surface area contributed by atoms with Gasteiger partial charge in [0.25, 0.3) is 7.41 Å². The van der Waals surface area contributed by atoms with Crippen LogP contribution in [0.3, 0.4) is 0 Å². The number of carbonyl (C=O) groups excluding carboxylic acids is 3. The lowest BCUT2D eigenvalue weighted by Crippen LogP contribution is -2.64. The van der Waals surface area contributed by atoms with Gasteiger partial charge in [0, 0.05) is 29.3 Å². The van der Waals surface area contributed by atoms with Crippen molar-refractivity contribution in [1.82, 2.24) is 10.1 Å². The molecule has 0 amide bonds. The van der Waals surface area contributed by atoms with E-state index in [9.17, 15) is 14.4 Å². The summed E-state index contributed by atoms with van der Waals surface area (Å²) in [6.07, 6.45) is 6.86. The molecule has 5 atom stereocenters. The van der Waals surface area contributed by atoms with Gasteiger partial charge in [-0.25, -0.2) is 0 Å². The summed E-state index contributed by atoms with van der Waals surface area (Å²) in [7, 11) is 1.59. The van der Waals surface area contributed by atoms with Gasteiger partial charge in [0.1, 0.15) is 17.2 Å². The largest absolute Gasteiger partial charge is 0.342 e. The molecule has 0 aliphatic heterocycles. The minimum absolute atomic E-state index is 0.0392. The van der Waals surface area contributed by atoms with E-state index >= 15 is 0 Å². The van der Waals surface area contributed by atoms with Crippen molar-refractivity contribution in [3.63, 3.8) is 0 Å². The fraction of sp³-hybridized carbons (Fsp3) is 0.912. The molecule has 0 aromatic heterocycles. The van der Waals surface area contributed by atoms with Crippen LogP contribution in [0.5, 0.6) is 0 Å². The fourth-order valence-corrected chi connectivity index (χ4v) is 7.19. The number of ketones is 2. The monoisotopic (exact) mass is 562 g/mol. The van der Waals surface area contributed by atoms with Crippen LogP contribution < -0.4 is 5.23 Å². The van der Waals surface area contributed by atoms with Crippen LogP contribution in [-0.4, -0.2) is 53.7 Å². The average Bonchev–Trinajstić information content (AvgIpc) is 2.92. The molecule has 5 nitrogen and oxygen atoms in total. The lowest BCUT2D eigenvalue weighted by atomic mass is 9.55. The first kappa shape index (κ1) is 39.0. The third-order valence-corrected chi connectivity index (χ3v) is 10.7. The van der Waals surface area contributed by atoms with E-state index in [1.807, 2.05) is 13.8 Å². The molecular weight excluding hydrogens is 495 g/mol. The predicted octanol–water partition coefficient (Wildman–Crippen LogP) is 7.86. The van der Waals surface area contributed by atoms with Crippen molar-refractivity contribution in [2.75, 3.05) is 13.1 Å². The molecule has 0 heterocycles. The molecule has 0 saturated heterocycles. The molecule has 0 saturated carbocycles. The SMILES string of the molecule is CCC(C)C(=O)C(CC)CC(C)(C)CC(C)CN(CC)C(CC)(CC)C(C)(CC)C(=O)[B]NC(C)(CC)C(C)=O. The molecule has 0 aromatic rings. The lowest BCUT2D eigenvalue weighted by molar-refractivity contribution is -0.133. The maximum absolute atomic E-state index is 14.0. The van der Waals surface area contributed by atoms with Gasteiger partial charge in [0.05, 0.1) is 5.54 Å². The van der Waals surface area contributed by atoms with Gasteiger partial charge >= 0.3 is 0 Å². The predicted molar refractivity (Wildman–Crippen MR) is 173 cm³/mol. The molecule has 233 valence electrons. The number of rotatable bonds is 22. The molecule has 1 radical (unpaired) electrons. The van der Waals surface area contributed by atoms with Crippen LogP contribution in [0.1, 0.15) is 148 Å². The van der Waals surface area contributed by atoms with Crippen molar-refractivity contribution in [2.24, 2.45) is 28.6 Å². The lowest BCUT2D eigenvalue weighted by Gasteiger charge is -2.55. The van der Waals surface area contributed by atoms with Crippen molar-refractivity contribution >= 4 is 24.7 Å². The minimum Gasteiger partial charge on any atom is -0.342 e. The molecule has 1 N–H and O–H groups in total. The fourth-order valence-electron chi connectivity index (χ4n) is 7.19. The summed E-state index contributed by atoms with van der Waals surface area (Å²) in [6, 6.07) is 0. The summed E-state index contributed by atoms with van der Waals surface area (Å²) in [5.74, 6) is 1.13. The van der Waals surface area contributed by atoms with Gasteiger partial charge in [0.2, 0.25) is 0 Å². The number of nitrogens with one attached hydrogen (secondary N) is 1. The molecular formula is C34H66BN2O3. The van der Waals surface area contributed by atoms with Crippen molar-refractivity contribution in [1.29, 1.82) is 0 Å². The molecule has 0 aliphatic carbocycles. The van der Waals surface area contributed by atoms with Crippen molar-refractivity contribution < 1.29 is 14.4 Å². The maximum atomic E-state index is 14.0. The van der Waals surface area contributed by atoms with E-state index in [0.29, 0.717) is 18.1 Å². The maximum Gasteiger partial charge on any atom is 0.296 e. The third-order valence-electron chi connectivity index (χ3n) is 10.7. The highest BCUT2D eigenvalue weighted by Crippen LogP contribution is 2.46.